The van der Waals surface area contributed by atoms with Gasteiger partial charge >= 0.3 is 0 Å². The molecule has 0 saturated carbocycles. The first-order valence-electron chi connectivity index (χ1n) is 5.12. The highest BCUT2D eigenvalue weighted by molar-refractivity contribution is 6.00. The van der Waals surface area contributed by atoms with Crippen LogP contribution in [0.5, 0.6) is 0 Å². The van der Waals surface area contributed by atoms with Gasteiger partial charge in [-0.15, -0.1) is 0 Å². The molecule has 0 heterocycles. The smallest absolute Gasteiger partial charge is 0.100 e. The molecule has 0 aliphatic rings. The van der Waals surface area contributed by atoms with Crippen molar-refractivity contribution in [2.45, 2.75) is 0 Å². The number of nitrogens with zero attached hydrogens (tertiary/aromatic N) is 1. The van der Waals surface area contributed by atoms with Gasteiger partial charge < -0.3 is 0 Å². The molecular formula is C15H8N. The van der Waals surface area contributed by atoms with E-state index in [1.807, 2.05) is 18.2 Å². The van der Waals surface area contributed by atoms with Crippen molar-refractivity contribution in [1.29, 1.82) is 5.26 Å². The van der Waals surface area contributed by atoms with Crippen molar-refractivity contribution in [3.8, 4) is 6.07 Å². The molecule has 16 heavy (non-hydrogen) atoms. The summed E-state index contributed by atoms with van der Waals surface area (Å²) in [5.41, 5.74) is 0.614. The summed E-state index contributed by atoms with van der Waals surface area (Å²) in [4.78, 5) is 0. The van der Waals surface area contributed by atoms with Gasteiger partial charge in [0.15, 0.2) is 0 Å². The minimum Gasteiger partial charge on any atom is -0.192 e. The molecule has 0 N–H and O–H groups in total. The molecule has 1 nitrogen and oxygen atoms in total. The normalized spacial score (nSPS) is 10.4. The second kappa shape index (κ2) is 3.36. The molecule has 1 heteroatoms. The monoisotopic (exact) mass is 202 g/mol. The highest BCUT2D eigenvalue weighted by atomic mass is 14.2. The lowest BCUT2D eigenvalue weighted by Gasteiger charge is -2.02. The molecule has 3 aromatic rings. The van der Waals surface area contributed by atoms with E-state index >= 15 is 0 Å². The summed E-state index contributed by atoms with van der Waals surface area (Å²) >= 11 is 0. The maximum absolute atomic E-state index is 9.03. The third-order valence-electron chi connectivity index (χ3n) is 2.79. The Morgan fingerprint density at radius 3 is 2.44 bits per heavy atom. The zero-order valence-electron chi connectivity index (χ0n) is 8.57. The van der Waals surface area contributed by atoms with Crippen LogP contribution >= 0.6 is 0 Å². The highest BCUT2D eigenvalue weighted by Crippen LogP contribution is 2.24. The third kappa shape index (κ3) is 1.24. The van der Waals surface area contributed by atoms with Crippen LogP contribution in [0.4, 0.5) is 0 Å². The van der Waals surface area contributed by atoms with Gasteiger partial charge in [0, 0.05) is 11.5 Å². The van der Waals surface area contributed by atoms with Crippen LogP contribution in [0.3, 0.4) is 0 Å². The number of hydrogen-bond donors (Lipinski definition) is 0. The maximum Gasteiger partial charge on any atom is 0.100 e. The summed E-state index contributed by atoms with van der Waals surface area (Å²) < 4.78 is 0. The van der Waals surface area contributed by atoms with Gasteiger partial charge in [-0.05, 0) is 28.3 Å². The summed E-state index contributed by atoms with van der Waals surface area (Å²) in [6, 6.07) is 21.3. The Bertz CT molecular complexity index is 720. The molecule has 0 amide bonds. The minimum absolute atomic E-state index is 0.614. The van der Waals surface area contributed by atoms with Gasteiger partial charge in [0.2, 0.25) is 0 Å². The number of nitriles is 1. The summed E-state index contributed by atoms with van der Waals surface area (Å²) in [5.74, 6) is 0. The van der Waals surface area contributed by atoms with Crippen molar-refractivity contribution in [1.82, 2.24) is 0 Å². The van der Waals surface area contributed by atoms with Gasteiger partial charge in [-0.3, -0.25) is 0 Å². The first kappa shape index (κ1) is 8.94. The molecule has 0 unspecified atom stereocenters. The van der Waals surface area contributed by atoms with E-state index in [0.717, 1.165) is 16.2 Å². The molecule has 0 bridgehead atoms. The lowest BCUT2D eigenvalue weighted by Crippen LogP contribution is -1.81. The zero-order valence-corrected chi connectivity index (χ0v) is 8.57. The summed E-state index contributed by atoms with van der Waals surface area (Å²) in [6.07, 6.45) is 0. The molecule has 73 valence electrons. The number of fused-ring (bicyclic) bond motifs is 2. The number of rotatable bonds is 0. The zero-order chi connectivity index (χ0) is 11.0. The van der Waals surface area contributed by atoms with Crippen molar-refractivity contribution >= 4 is 21.5 Å². The second-order valence-corrected chi connectivity index (χ2v) is 3.75. The first-order chi connectivity index (χ1) is 7.88. The maximum atomic E-state index is 9.03. The van der Waals surface area contributed by atoms with Crippen LogP contribution in [0.2, 0.25) is 0 Å². The van der Waals surface area contributed by atoms with E-state index < -0.39 is 0 Å². The van der Waals surface area contributed by atoms with E-state index in [2.05, 4.69) is 36.4 Å². The van der Waals surface area contributed by atoms with E-state index in [-0.39, 0.29) is 0 Å². The van der Waals surface area contributed by atoms with Crippen molar-refractivity contribution in [2.24, 2.45) is 0 Å². The van der Waals surface area contributed by atoms with Gasteiger partial charge in [-0.25, -0.2) is 0 Å². The molecular weight excluding hydrogens is 194 g/mol. The average molecular weight is 202 g/mol. The van der Waals surface area contributed by atoms with Gasteiger partial charge in [-0.1, -0.05) is 36.4 Å². The summed E-state index contributed by atoms with van der Waals surface area (Å²) in [6.45, 7) is 0. The Balaban J connectivity index is 2.52. The summed E-state index contributed by atoms with van der Waals surface area (Å²) in [5, 5.41) is 13.5. The molecule has 0 saturated heterocycles. The van der Waals surface area contributed by atoms with E-state index in [1.165, 1.54) is 5.39 Å². The standard InChI is InChI=1S/C15H8N/c16-10-14-7-3-6-13-8-11-4-1-2-5-12(11)9-15(13)14/h1-6,8-9H. The van der Waals surface area contributed by atoms with Crippen molar-refractivity contribution < 1.29 is 0 Å². The van der Waals surface area contributed by atoms with Crippen LogP contribution < -0.4 is 0 Å². The van der Waals surface area contributed by atoms with E-state index in [1.54, 1.807) is 6.07 Å². The molecule has 0 aliphatic heterocycles. The fourth-order valence-electron chi connectivity index (χ4n) is 2.00. The molecule has 0 aliphatic carbocycles. The molecule has 0 atom stereocenters. The van der Waals surface area contributed by atoms with Crippen molar-refractivity contribution in [3.63, 3.8) is 0 Å². The van der Waals surface area contributed by atoms with Crippen molar-refractivity contribution in [3.05, 3.63) is 60.2 Å². The Morgan fingerprint density at radius 1 is 0.938 bits per heavy atom. The van der Waals surface area contributed by atoms with Gasteiger partial charge in [-0.2, -0.15) is 5.26 Å². The lowest BCUT2D eigenvalue weighted by molar-refractivity contribution is 1.50. The van der Waals surface area contributed by atoms with E-state index in [4.69, 9.17) is 5.26 Å². The van der Waals surface area contributed by atoms with E-state index in [9.17, 15) is 0 Å². The largest absolute Gasteiger partial charge is 0.192 e. The number of hydrogen-bond acceptors (Lipinski definition) is 1. The molecule has 3 aromatic carbocycles. The predicted octanol–water partition coefficient (Wildman–Crippen LogP) is 3.66. The Labute approximate surface area is 93.6 Å². The van der Waals surface area contributed by atoms with E-state index in [0.29, 0.717) is 5.56 Å². The average Bonchev–Trinajstić information content (AvgIpc) is 2.35. The highest BCUT2D eigenvalue weighted by Gasteiger charge is 2.01. The SMILES string of the molecule is N#Cc1[c]ccc2cc3ccccc3cc12. The fourth-order valence-corrected chi connectivity index (χ4v) is 2.00. The molecule has 0 spiro atoms. The van der Waals surface area contributed by atoms with Crippen LogP contribution in [0.25, 0.3) is 21.5 Å². The van der Waals surface area contributed by atoms with Gasteiger partial charge in [0.25, 0.3) is 0 Å². The molecule has 0 aromatic heterocycles. The van der Waals surface area contributed by atoms with Crippen LogP contribution in [0, 0.1) is 17.4 Å². The Kier molecular flexibility index (Phi) is 1.88. The predicted molar refractivity (Wildman–Crippen MR) is 65.0 cm³/mol. The summed E-state index contributed by atoms with van der Waals surface area (Å²) in [7, 11) is 0. The first-order valence-corrected chi connectivity index (χ1v) is 5.12. The molecule has 0 fully saturated rings. The van der Waals surface area contributed by atoms with Gasteiger partial charge in [0.1, 0.15) is 6.07 Å². The number of benzene rings is 3. The molecule has 1 radical (unpaired) electrons. The van der Waals surface area contributed by atoms with Crippen LogP contribution in [0.1, 0.15) is 5.56 Å². The Hall–Kier alpha value is -2.33. The lowest BCUT2D eigenvalue weighted by atomic mass is 10.0. The topological polar surface area (TPSA) is 23.8 Å². The third-order valence-corrected chi connectivity index (χ3v) is 2.79. The van der Waals surface area contributed by atoms with Gasteiger partial charge in [0.05, 0.1) is 5.56 Å². The van der Waals surface area contributed by atoms with Crippen LogP contribution in [-0.4, -0.2) is 0 Å². The Morgan fingerprint density at radius 2 is 1.69 bits per heavy atom. The van der Waals surface area contributed by atoms with Crippen LogP contribution in [-0.2, 0) is 0 Å². The minimum atomic E-state index is 0.614. The van der Waals surface area contributed by atoms with Crippen LogP contribution in [0.15, 0.2) is 48.5 Å². The fraction of sp³-hybridized carbons (Fsp3) is 0. The van der Waals surface area contributed by atoms with Crippen molar-refractivity contribution in [2.75, 3.05) is 0 Å². The quantitative estimate of drug-likeness (QED) is 0.510. The second-order valence-electron chi connectivity index (χ2n) is 3.75. The molecule has 3 rings (SSSR count).